The van der Waals surface area contributed by atoms with Gasteiger partial charge in [0.2, 0.25) is 0 Å². The van der Waals surface area contributed by atoms with Gasteiger partial charge in [0.1, 0.15) is 0 Å². The maximum atomic E-state index is 4.24. The number of nitrogens with one attached hydrogen (secondary N) is 2. The Kier molecular flexibility index (Phi) is 8.50. The molecule has 120 valence electrons. The quantitative estimate of drug-likeness (QED) is 0.408. The molecule has 0 atom stereocenters. The fraction of sp³-hybridized carbons (Fsp3) is 0.733. The molecule has 0 aromatic carbocycles. The Morgan fingerprint density at radius 2 is 2.05 bits per heavy atom. The topological polar surface area (TPSA) is 57.5 Å². The minimum Gasteiger partial charge on any atom is -0.356 e. The third-order valence-electron chi connectivity index (χ3n) is 3.67. The van der Waals surface area contributed by atoms with Crippen LogP contribution in [0.3, 0.4) is 0 Å². The van der Waals surface area contributed by atoms with E-state index in [1.807, 2.05) is 17.8 Å². The first-order valence-electron chi connectivity index (χ1n) is 7.85. The first-order valence-corrected chi connectivity index (χ1v) is 7.85. The lowest BCUT2D eigenvalue weighted by Crippen LogP contribution is -2.37. The molecule has 2 N–H and O–H groups in total. The van der Waals surface area contributed by atoms with Gasteiger partial charge in [0, 0.05) is 26.8 Å². The van der Waals surface area contributed by atoms with Crippen LogP contribution in [0, 0.1) is 0 Å². The van der Waals surface area contributed by atoms with Gasteiger partial charge in [0.05, 0.1) is 12.2 Å². The summed E-state index contributed by atoms with van der Waals surface area (Å²) in [7, 11) is 3.74. The fourth-order valence-electron chi connectivity index (χ4n) is 2.18. The number of hydrogen-bond acceptors (Lipinski definition) is 3. The molecule has 0 aliphatic heterocycles. The number of unbranched alkanes of at least 4 members (excludes halogenated alkanes) is 1. The zero-order valence-electron chi connectivity index (χ0n) is 13.9. The molecule has 0 fully saturated rings. The molecule has 1 rings (SSSR count). The monoisotopic (exact) mass is 294 g/mol. The second-order valence-corrected chi connectivity index (χ2v) is 5.03. The van der Waals surface area contributed by atoms with E-state index in [4.69, 9.17) is 0 Å². The van der Waals surface area contributed by atoms with E-state index in [9.17, 15) is 0 Å². The van der Waals surface area contributed by atoms with E-state index in [1.165, 1.54) is 13.0 Å². The summed E-state index contributed by atoms with van der Waals surface area (Å²) in [4.78, 5) is 6.69. The molecule has 0 unspecified atom stereocenters. The van der Waals surface area contributed by atoms with Gasteiger partial charge >= 0.3 is 0 Å². The van der Waals surface area contributed by atoms with Gasteiger partial charge in [-0.15, -0.1) is 0 Å². The van der Waals surface area contributed by atoms with Crippen LogP contribution in [-0.2, 0) is 13.6 Å². The summed E-state index contributed by atoms with van der Waals surface area (Å²) in [5.41, 5.74) is 1.14. The Balaban J connectivity index is 2.16. The molecule has 0 spiro atoms. The molecule has 0 radical (unpaired) electrons. The second-order valence-electron chi connectivity index (χ2n) is 5.03. The van der Waals surface area contributed by atoms with Gasteiger partial charge in [0.25, 0.3) is 0 Å². The van der Waals surface area contributed by atoms with Crippen molar-refractivity contribution in [3.63, 3.8) is 0 Å². The summed E-state index contributed by atoms with van der Waals surface area (Å²) in [5.74, 6) is 0.846. The lowest BCUT2D eigenvalue weighted by atomic mass is 10.3. The molecule has 0 amide bonds. The van der Waals surface area contributed by atoms with Crippen LogP contribution in [0.25, 0.3) is 0 Å². The number of nitrogens with zero attached hydrogens (tertiary/aromatic N) is 4. The summed E-state index contributed by atoms with van der Waals surface area (Å²) in [6, 6.07) is 2.00. The molecule has 0 aliphatic carbocycles. The minimum atomic E-state index is 0.732. The second kappa shape index (κ2) is 10.2. The van der Waals surface area contributed by atoms with E-state index in [0.29, 0.717) is 0 Å². The van der Waals surface area contributed by atoms with E-state index in [0.717, 1.165) is 44.3 Å². The highest BCUT2D eigenvalue weighted by Gasteiger charge is 2.02. The molecule has 1 heterocycles. The first-order chi connectivity index (χ1) is 10.2. The molecule has 0 aliphatic rings. The zero-order valence-corrected chi connectivity index (χ0v) is 13.9. The normalized spacial score (nSPS) is 12.0. The van der Waals surface area contributed by atoms with Crippen LogP contribution in [-0.4, -0.2) is 53.9 Å². The number of aliphatic imine (C=N–C) groups is 1. The van der Waals surface area contributed by atoms with E-state index >= 15 is 0 Å². The van der Waals surface area contributed by atoms with Crippen LogP contribution in [0.5, 0.6) is 0 Å². The summed E-state index contributed by atoms with van der Waals surface area (Å²) < 4.78 is 1.87. The number of hydrogen-bond donors (Lipinski definition) is 2. The molecule has 6 heteroatoms. The average Bonchev–Trinajstić information content (AvgIpc) is 2.91. The van der Waals surface area contributed by atoms with Crippen LogP contribution < -0.4 is 10.6 Å². The molecular formula is C15H30N6. The van der Waals surface area contributed by atoms with E-state index in [-0.39, 0.29) is 0 Å². The van der Waals surface area contributed by atoms with Gasteiger partial charge in [0.15, 0.2) is 5.96 Å². The lowest BCUT2D eigenvalue weighted by Gasteiger charge is -2.18. The van der Waals surface area contributed by atoms with Crippen LogP contribution >= 0.6 is 0 Å². The third kappa shape index (κ3) is 6.62. The smallest absolute Gasteiger partial charge is 0.191 e. The van der Waals surface area contributed by atoms with Crippen LogP contribution in [0.2, 0.25) is 0 Å². The van der Waals surface area contributed by atoms with E-state index in [2.05, 4.69) is 39.5 Å². The van der Waals surface area contributed by atoms with Crippen LogP contribution in [0.1, 0.15) is 32.4 Å². The van der Waals surface area contributed by atoms with E-state index < -0.39 is 0 Å². The molecule has 1 aromatic rings. The SMILES string of the molecule is CCN(CC)CCCCNC(=NC)NCc1ccnn1C. The molecule has 21 heavy (non-hydrogen) atoms. The lowest BCUT2D eigenvalue weighted by molar-refractivity contribution is 0.297. The highest BCUT2D eigenvalue weighted by Crippen LogP contribution is 1.95. The predicted octanol–water partition coefficient (Wildman–Crippen LogP) is 1.21. The highest BCUT2D eigenvalue weighted by molar-refractivity contribution is 5.79. The Morgan fingerprint density at radius 3 is 2.62 bits per heavy atom. The molecule has 6 nitrogen and oxygen atoms in total. The predicted molar refractivity (Wildman–Crippen MR) is 88.4 cm³/mol. The maximum absolute atomic E-state index is 4.24. The highest BCUT2D eigenvalue weighted by atomic mass is 15.3. The Labute approximate surface area is 128 Å². The summed E-state index contributed by atoms with van der Waals surface area (Å²) in [5, 5.41) is 10.8. The van der Waals surface area contributed by atoms with Crippen molar-refractivity contribution in [2.75, 3.05) is 33.2 Å². The van der Waals surface area contributed by atoms with Gasteiger partial charge in [-0.2, -0.15) is 5.10 Å². The van der Waals surface area contributed by atoms with Crippen LogP contribution in [0.15, 0.2) is 17.3 Å². The van der Waals surface area contributed by atoms with Crippen molar-refractivity contribution in [1.82, 2.24) is 25.3 Å². The van der Waals surface area contributed by atoms with Crippen molar-refractivity contribution < 1.29 is 0 Å². The maximum Gasteiger partial charge on any atom is 0.191 e. The standard InChI is InChI=1S/C15H30N6/c1-5-21(6-2)12-8-7-10-17-15(16-3)18-13-14-9-11-19-20(14)4/h9,11H,5-8,10,12-13H2,1-4H3,(H2,16,17,18). The average molecular weight is 294 g/mol. The van der Waals surface area contributed by atoms with Gasteiger partial charge < -0.3 is 15.5 Å². The summed E-state index contributed by atoms with van der Waals surface area (Å²) >= 11 is 0. The van der Waals surface area contributed by atoms with Gasteiger partial charge in [-0.25, -0.2) is 0 Å². The van der Waals surface area contributed by atoms with Crippen LogP contribution in [0.4, 0.5) is 0 Å². The number of rotatable bonds is 9. The first kappa shape index (κ1) is 17.5. The van der Waals surface area contributed by atoms with Crippen molar-refractivity contribution in [2.24, 2.45) is 12.0 Å². The van der Waals surface area contributed by atoms with Crippen molar-refractivity contribution in [1.29, 1.82) is 0 Å². The van der Waals surface area contributed by atoms with Crippen molar-refractivity contribution in [2.45, 2.75) is 33.2 Å². The summed E-state index contributed by atoms with van der Waals surface area (Å²) in [6.07, 6.45) is 4.18. The fourth-order valence-corrected chi connectivity index (χ4v) is 2.18. The number of aryl methyl sites for hydroxylation is 1. The van der Waals surface area contributed by atoms with Crippen molar-refractivity contribution >= 4 is 5.96 Å². The van der Waals surface area contributed by atoms with Crippen molar-refractivity contribution in [3.8, 4) is 0 Å². The van der Waals surface area contributed by atoms with E-state index in [1.54, 1.807) is 13.2 Å². The number of aromatic nitrogens is 2. The van der Waals surface area contributed by atoms with Gasteiger partial charge in [-0.1, -0.05) is 13.8 Å². The Hall–Kier alpha value is -1.56. The van der Waals surface area contributed by atoms with Gasteiger partial charge in [-0.05, 0) is 38.5 Å². The third-order valence-corrected chi connectivity index (χ3v) is 3.67. The molecular weight excluding hydrogens is 264 g/mol. The molecule has 0 saturated carbocycles. The van der Waals surface area contributed by atoms with Gasteiger partial charge in [-0.3, -0.25) is 9.67 Å². The zero-order chi connectivity index (χ0) is 15.5. The minimum absolute atomic E-state index is 0.732. The molecule has 0 saturated heterocycles. The number of guanidine groups is 1. The van der Waals surface area contributed by atoms with Crippen molar-refractivity contribution in [3.05, 3.63) is 18.0 Å². The molecule has 0 bridgehead atoms. The largest absolute Gasteiger partial charge is 0.356 e. The Bertz CT molecular complexity index is 408. The Morgan fingerprint density at radius 1 is 1.29 bits per heavy atom. The summed E-state index contributed by atoms with van der Waals surface area (Å²) in [6.45, 7) is 9.56. The molecule has 1 aromatic heterocycles.